The molecule has 0 saturated carbocycles. The van der Waals surface area contributed by atoms with E-state index in [1.54, 1.807) is 23.1 Å². The average Bonchev–Trinajstić information content (AvgIpc) is 2.94. The number of benzene rings is 2. The van der Waals surface area contributed by atoms with E-state index in [-0.39, 0.29) is 11.7 Å². The van der Waals surface area contributed by atoms with Crippen molar-refractivity contribution in [1.82, 2.24) is 4.90 Å². The molecule has 1 amide bonds. The molecule has 0 bridgehead atoms. The second-order valence-corrected chi connectivity index (χ2v) is 7.31. The third-order valence-electron chi connectivity index (χ3n) is 4.23. The van der Waals surface area contributed by atoms with Gasteiger partial charge < -0.3 is 5.11 Å². The van der Waals surface area contributed by atoms with E-state index in [0.29, 0.717) is 22.3 Å². The Hall–Kier alpha value is -2.79. The highest BCUT2D eigenvalue weighted by Gasteiger charge is 2.32. The first-order chi connectivity index (χ1) is 13.0. The molecule has 0 aromatic heterocycles. The zero-order valence-electron chi connectivity index (χ0n) is 15.5. The molecule has 1 aliphatic rings. The van der Waals surface area contributed by atoms with E-state index in [9.17, 15) is 9.90 Å². The van der Waals surface area contributed by atoms with Crippen LogP contribution >= 0.6 is 11.8 Å². The average molecular weight is 378 g/mol. The van der Waals surface area contributed by atoms with Crippen molar-refractivity contribution >= 4 is 34.6 Å². The van der Waals surface area contributed by atoms with E-state index in [1.807, 2.05) is 31.2 Å². The summed E-state index contributed by atoms with van der Waals surface area (Å²) in [5.74, 6) is -0.00787. The number of carbonyl (C=O) groups excluding carboxylic acids is 1. The van der Waals surface area contributed by atoms with Crippen molar-refractivity contribution in [3.8, 4) is 5.75 Å². The zero-order valence-corrected chi connectivity index (χ0v) is 16.3. The molecule has 1 saturated heterocycles. The Labute approximate surface area is 163 Å². The van der Waals surface area contributed by atoms with E-state index in [2.05, 4.69) is 30.6 Å². The maximum atomic E-state index is 12.8. The third-order valence-corrected chi connectivity index (χ3v) is 5.24. The number of phenolic OH excluding ortho intramolecular Hbond substituents is 1. The highest BCUT2D eigenvalue weighted by atomic mass is 32.2. The molecule has 1 aliphatic heterocycles. The standard InChI is InChI=1S/C22H22N2O2S/c1-4-12-24-21(26)20(14-17-9-7-16(5-2)8-10-17)27-22(24)23-18-11-6-15(3)13-19(18)25/h4,6-11,13-14,25H,1,5,12H2,2-3H3/b20-14-,23-22?. The largest absolute Gasteiger partial charge is 0.506 e. The molecule has 0 radical (unpaired) electrons. The van der Waals surface area contributed by atoms with Gasteiger partial charge in [0.15, 0.2) is 5.17 Å². The molecule has 1 fully saturated rings. The highest BCUT2D eigenvalue weighted by molar-refractivity contribution is 8.18. The van der Waals surface area contributed by atoms with Crippen LogP contribution in [0, 0.1) is 6.92 Å². The normalized spacial score (nSPS) is 17.1. The van der Waals surface area contributed by atoms with Crippen LogP contribution in [0.1, 0.15) is 23.6 Å². The predicted octanol–water partition coefficient (Wildman–Crippen LogP) is 5.05. The van der Waals surface area contributed by atoms with Crippen LogP contribution in [0.5, 0.6) is 5.75 Å². The minimum absolute atomic E-state index is 0.0988. The van der Waals surface area contributed by atoms with Gasteiger partial charge in [-0.2, -0.15) is 0 Å². The molecule has 0 aliphatic carbocycles. The van der Waals surface area contributed by atoms with Crippen molar-refractivity contribution in [1.29, 1.82) is 0 Å². The number of aromatic hydroxyl groups is 1. The summed E-state index contributed by atoms with van der Waals surface area (Å²) < 4.78 is 0. The van der Waals surface area contributed by atoms with Gasteiger partial charge in [0.05, 0.1) is 4.91 Å². The van der Waals surface area contributed by atoms with Crippen LogP contribution in [0.2, 0.25) is 0 Å². The molecule has 2 aromatic carbocycles. The van der Waals surface area contributed by atoms with Crippen LogP contribution in [0.25, 0.3) is 6.08 Å². The van der Waals surface area contributed by atoms with Crippen LogP contribution in [-0.4, -0.2) is 27.6 Å². The number of thioether (sulfide) groups is 1. The van der Waals surface area contributed by atoms with Gasteiger partial charge in [0.2, 0.25) is 0 Å². The molecular weight excluding hydrogens is 356 g/mol. The SMILES string of the molecule is C=CCN1C(=O)/C(=C/c2ccc(CC)cc2)SC1=Nc1ccc(C)cc1O. The first kappa shape index (κ1) is 19.0. The summed E-state index contributed by atoms with van der Waals surface area (Å²) in [6.07, 6.45) is 4.52. The molecule has 5 heteroatoms. The van der Waals surface area contributed by atoms with E-state index >= 15 is 0 Å². The molecule has 0 atom stereocenters. The molecule has 1 heterocycles. The van der Waals surface area contributed by atoms with Gasteiger partial charge in [-0.05, 0) is 60.0 Å². The van der Waals surface area contributed by atoms with Crippen molar-refractivity contribution < 1.29 is 9.90 Å². The summed E-state index contributed by atoms with van der Waals surface area (Å²) in [7, 11) is 0. The van der Waals surface area contributed by atoms with Crippen LogP contribution in [0.15, 0.2) is 65.0 Å². The molecule has 138 valence electrons. The fourth-order valence-electron chi connectivity index (χ4n) is 2.71. The Kier molecular flexibility index (Phi) is 5.81. The Bertz CT molecular complexity index is 930. The Morgan fingerprint density at radius 3 is 2.59 bits per heavy atom. The lowest BCUT2D eigenvalue weighted by atomic mass is 10.1. The summed E-state index contributed by atoms with van der Waals surface area (Å²) >= 11 is 1.31. The van der Waals surface area contributed by atoms with Gasteiger partial charge in [-0.3, -0.25) is 9.69 Å². The van der Waals surface area contributed by atoms with Crippen LogP contribution in [0.4, 0.5) is 5.69 Å². The molecule has 4 nitrogen and oxygen atoms in total. The van der Waals surface area contributed by atoms with Crippen LogP contribution in [0.3, 0.4) is 0 Å². The van der Waals surface area contributed by atoms with Gasteiger partial charge in [-0.15, -0.1) is 6.58 Å². The van der Waals surface area contributed by atoms with E-state index in [0.717, 1.165) is 17.5 Å². The topological polar surface area (TPSA) is 52.9 Å². The highest BCUT2D eigenvalue weighted by Crippen LogP contribution is 2.36. The summed E-state index contributed by atoms with van der Waals surface area (Å²) in [4.78, 5) is 19.5. The first-order valence-corrected chi connectivity index (χ1v) is 9.63. The maximum absolute atomic E-state index is 12.8. The van der Waals surface area contributed by atoms with Gasteiger partial charge in [0.1, 0.15) is 11.4 Å². The number of amides is 1. The summed E-state index contributed by atoms with van der Waals surface area (Å²) in [5, 5.41) is 10.7. The lowest BCUT2D eigenvalue weighted by Crippen LogP contribution is -2.29. The molecule has 0 unspecified atom stereocenters. The quantitative estimate of drug-likeness (QED) is 0.585. The zero-order chi connectivity index (χ0) is 19.4. The number of nitrogens with zero attached hydrogens (tertiary/aromatic N) is 2. The Morgan fingerprint density at radius 2 is 1.96 bits per heavy atom. The van der Waals surface area contributed by atoms with Crippen molar-refractivity contribution in [3.05, 3.63) is 76.7 Å². The second kappa shape index (κ2) is 8.27. The molecule has 3 rings (SSSR count). The number of hydrogen-bond acceptors (Lipinski definition) is 4. The molecule has 2 aromatic rings. The smallest absolute Gasteiger partial charge is 0.267 e. The van der Waals surface area contributed by atoms with Crippen LogP contribution < -0.4 is 0 Å². The molecule has 0 spiro atoms. The number of amidine groups is 1. The second-order valence-electron chi connectivity index (χ2n) is 6.30. The molecule has 1 N–H and O–H groups in total. The molecule has 27 heavy (non-hydrogen) atoms. The number of aryl methyl sites for hydroxylation is 2. The van der Waals surface area contributed by atoms with Gasteiger partial charge in [-0.1, -0.05) is 43.3 Å². The first-order valence-electron chi connectivity index (χ1n) is 8.81. The van der Waals surface area contributed by atoms with Gasteiger partial charge >= 0.3 is 0 Å². The van der Waals surface area contributed by atoms with Crippen molar-refractivity contribution in [2.45, 2.75) is 20.3 Å². The lowest BCUT2D eigenvalue weighted by Gasteiger charge is -2.12. The van der Waals surface area contributed by atoms with Gasteiger partial charge in [0, 0.05) is 6.54 Å². The predicted molar refractivity (Wildman–Crippen MR) is 113 cm³/mol. The van der Waals surface area contributed by atoms with E-state index in [4.69, 9.17) is 0 Å². The number of carbonyl (C=O) groups is 1. The third kappa shape index (κ3) is 4.31. The fourth-order valence-corrected chi connectivity index (χ4v) is 3.71. The number of phenols is 1. The number of aliphatic imine (C=N–C) groups is 1. The Balaban J connectivity index is 1.94. The summed E-state index contributed by atoms with van der Waals surface area (Å²) in [6.45, 7) is 8.11. The Morgan fingerprint density at radius 1 is 1.22 bits per heavy atom. The fraction of sp³-hybridized carbons (Fsp3) is 0.182. The van der Waals surface area contributed by atoms with Crippen molar-refractivity contribution in [2.75, 3.05) is 6.54 Å². The number of hydrogen-bond donors (Lipinski definition) is 1. The van der Waals surface area contributed by atoms with E-state index < -0.39 is 0 Å². The lowest BCUT2D eigenvalue weighted by molar-refractivity contribution is -0.121. The monoisotopic (exact) mass is 378 g/mol. The number of rotatable bonds is 5. The summed E-state index contributed by atoms with van der Waals surface area (Å²) in [5.41, 5.74) is 3.62. The summed E-state index contributed by atoms with van der Waals surface area (Å²) in [6, 6.07) is 13.4. The van der Waals surface area contributed by atoms with Gasteiger partial charge in [-0.25, -0.2) is 4.99 Å². The van der Waals surface area contributed by atoms with Gasteiger partial charge in [0.25, 0.3) is 5.91 Å². The van der Waals surface area contributed by atoms with E-state index in [1.165, 1.54) is 17.3 Å². The maximum Gasteiger partial charge on any atom is 0.267 e. The molecular formula is C22H22N2O2S. The minimum atomic E-state index is -0.107. The minimum Gasteiger partial charge on any atom is -0.506 e. The van der Waals surface area contributed by atoms with Crippen LogP contribution in [-0.2, 0) is 11.2 Å². The van der Waals surface area contributed by atoms with Crippen molar-refractivity contribution in [2.24, 2.45) is 4.99 Å². The van der Waals surface area contributed by atoms with Crippen molar-refractivity contribution in [3.63, 3.8) is 0 Å².